The Morgan fingerprint density at radius 1 is 1.17 bits per heavy atom. The van der Waals surface area contributed by atoms with Gasteiger partial charge in [-0.15, -0.1) is 0 Å². The van der Waals surface area contributed by atoms with Gasteiger partial charge in [0.25, 0.3) is 0 Å². The van der Waals surface area contributed by atoms with E-state index in [0.29, 0.717) is 5.13 Å². The highest BCUT2D eigenvalue weighted by Crippen LogP contribution is 2.44. The molecule has 1 fully saturated rings. The minimum absolute atomic E-state index is 0.0747. The summed E-state index contributed by atoms with van der Waals surface area (Å²) in [4.78, 5) is 17.5. The van der Waals surface area contributed by atoms with Gasteiger partial charge in [-0.1, -0.05) is 54.2 Å². The molecule has 1 aliphatic carbocycles. The zero-order chi connectivity index (χ0) is 15.9. The van der Waals surface area contributed by atoms with Gasteiger partial charge in [0.1, 0.15) is 0 Å². The van der Waals surface area contributed by atoms with Gasteiger partial charge in [-0.2, -0.15) is 0 Å². The Hall–Kier alpha value is -2.20. The first-order valence-electron chi connectivity index (χ1n) is 7.92. The predicted octanol–water partition coefficient (Wildman–Crippen LogP) is 4.67. The second-order valence-electron chi connectivity index (χ2n) is 6.25. The number of aromatic nitrogens is 1. The van der Waals surface area contributed by atoms with Crippen molar-refractivity contribution in [3.63, 3.8) is 0 Å². The molecule has 3 aromatic rings. The molecule has 1 saturated carbocycles. The van der Waals surface area contributed by atoms with E-state index < -0.39 is 0 Å². The molecule has 116 valence electrons. The molecule has 1 N–H and O–H groups in total. The molecule has 1 aromatic heterocycles. The molecular formula is C19H18N2OS. The quantitative estimate of drug-likeness (QED) is 0.761. The molecule has 4 rings (SSSR count). The molecule has 0 unspecified atom stereocenters. The van der Waals surface area contributed by atoms with E-state index in [0.717, 1.165) is 35.0 Å². The number of aryl methyl sites for hydroxylation is 1. The maximum Gasteiger partial charge on any atom is 0.236 e. The van der Waals surface area contributed by atoms with Crippen LogP contribution in [0.15, 0.2) is 48.5 Å². The van der Waals surface area contributed by atoms with Crippen LogP contribution in [-0.2, 0) is 10.2 Å². The van der Waals surface area contributed by atoms with E-state index in [1.54, 1.807) is 11.3 Å². The molecule has 1 aliphatic rings. The predicted molar refractivity (Wildman–Crippen MR) is 95.0 cm³/mol. The Morgan fingerprint density at radius 2 is 1.96 bits per heavy atom. The Balaban J connectivity index is 1.63. The van der Waals surface area contributed by atoms with Crippen molar-refractivity contribution in [1.82, 2.24) is 4.98 Å². The number of amides is 1. The summed E-state index contributed by atoms with van der Waals surface area (Å²) in [5.41, 5.74) is 2.88. The van der Waals surface area contributed by atoms with Crippen LogP contribution in [0.2, 0.25) is 0 Å². The first-order chi connectivity index (χ1) is 11.2. The van der Waals surface area contributed by atoms with Crippen LogP contribution in [-0.4, -0.2) is 10.9 Å². The number of nitrogens with zero attached hydrogens (tertiary/aromatic N) is 1. The molecule has 4 heteroatoms. The van der Waals surface area contributed by atoms with Crippen molar-refractivity contribution in [1.29, 1.82) is 0 Å². The molecule has 0 radical (unpaired) electrons. The highest BCUT2D eigenvalue weighted by Gasteiger charge is 2.45. The van der Waals surface area contributed by atoms with Crippen molar-refractivity contribution in [2.45, 2.75) is 31.6 Å². The maximum absolute atomic E-state index is 12.9. The van der Waals surface area contributed by atoms with Crippen LogP contribution in [0.1, 0.15) is 30.4 Å². The van der Waals surface area contributed by atoms with Crippen LogP contribution >= 0.6 is 11.3 Å². The summed E-state index contributed by atoms with van der Waals surface area (Å²) >= 11 is 1.54. The SMILES string of the molecule is Cc1ccc2nc(NC(=O)C3(c4ccccc4)CCC3)sc2c1. The highest BCUT2D eigenvalue weighted by atomic mass is 32.1. The third kappa shape index (κ3) is 2.43. The van der Waals surface area contributed by atoms with Gasteiger partial charge in [-0.3, -0.25) is 4.79 Å². The van der Waals surface area contributed by atoms with E-state index in [4.69, 9.17) is 0 Å². The fourth-order valence-electron chi connectivity index (χ4n) is 3.24. The van der Waals surface area contributed by atoms with Crippen LogP contribution in [0.4, 0.5) is 5.13 Å². The monoisotopic (exact) mass is 322 g/mol. The lowest BCUT2D eigenvalue weighted by Gasteiger charge is -2.40. The minimum atomic E-state index is -0.380. The smallest absolute Gasteiger partial charge is 0.236 e. The lowest BCUT2D eigenvalue weighted by molar-refractivity contribution is -0.124. The number of fused-ring (bicyclic) bond motifs is 1. The van der Waals surface area contributed by atoms with Gasteiger partial charge in [-0.25, -0.2) is 4.98 Å². The van der Waals surface area contributed by atoms with Gasteiger partial charge in [0.15, 0.2) is 5.13 Å². The Morgan fingerprint density at radius 3 is 2.65 bits per heavy atom. The number of carbonyl (C=O) groups excluding carboxylic acids is 1. The van der Waals surface area contributed by atoms with Crippen molar-refractivity contribution in [3.8, 4) is 0 Å². The number of hydrogen-bond acceptors (Lipinski definition) is 3. The van der Waals surface area contributed by atoms with Crippen LogP contribution < -0.4 is 5.32 Å². The van der Waals surface area contributed by atoms with Crippen molar-refractivity contribution in [3.05, 3.63) is 59.7 Å². The number of rotatable bonds is 3. The summed E-state index contributed by atoms with van der Waals surface area (Å²) in [6, 6.07) is 16.3. The first-order valence-corrected chi connectivity index (χ1v) is 8.73. The minimum Gasteiger partial charge on any atom is -0.301 e. The largest absolute Gasteiger partial charge is 0.301 e. The van der Waals surface area contributed by atoms with E-state index in [-0.39, 0.29) is 11.3 Å². The molecule has 2 aromatic carbocycles. The topological polar surface area (TPSA) is 42.0 Å². The van der Waals surface area contributed by atoms with Crippen LogP contribution in [0.5, 0.6) is 0 Å². The number of benzene rings is 2. The van der Waals surface area contributed by atoms with Gasteiger partial charge < -0.3 is 5.32 Å². The van der Waals surface area contributed by atoms with Gasteiger partial charge in [0, 0.05) is 0 Å². The fourth-order valence-corrected chi connectivity index (χ4v) is 4.20. The molecule has 0 atom stereocenters. The molecule has 0 bridgehead atoms. The lowest BCUT2D eigenvalue weighted by Crippen LogP contribution is -2.45. The number of hydrogen-bond donors (Lipinski definition) is 1. The van der Waals surface area contributed by atoms with Gasteiger partial charge >= 0.3 is 0 Å². The van der Waals surface area contributed by atoms with Crippen molar-refractivity contribution in [2.24, 2.45) is 0 Å². The van der Waals surface area contributed by atoms with Gasteiger partial charge in [0.2, 0.25) is 5.91 Å². The molecule has 0 saturated heterocycles. The normalized spacial score (nSPS) is 16.0. The van der Waals surface area contributed by atoms with E-state index in [1.807, 2.05) is 30.3 Å². The van der Waals surface area contributed by atoms with Crippen LogP contribution in [0.25, 0.3) is 10.2 Å². The average molecular weight is 322 g/mol. The lowest BCUT2D eigenvalue weighted by atomic mass is 9.64. The van der Waals surface area contributed by atoms with Crippen molar-refractivity contribution >= 4 is 32.6 Å². The summed E-state index contributed by atoms with van der Waals surface area (Å²) in [7, 11) is 0. The van der Waals surface area contributed by atoms with Crippen LogP contribution in [0.3, 0.4) is 0 Å². The number of nitrogens with one attached hydrogen (secondary N) is 1. The van der Waals surface area contributed by atoms with E-state index in [2.05, 4.69) is 35.4 Å². The van der Waals surface area contributed by atoms with E-state index >= 15 is 0 Å². The number of carbonyl (C=O) groups is 1. The fraction of sp³-hybridized carbons (Fsp3) is 0.263. The molecular weight excluding hydrogens is 304 g/mol. The average Bonchev–Trinajstić information content (AvgIpc) is 2.88. The van der Waals surface area contributed by atoms with E-state index in [1.165, 1.54) is 5.56 Å². The third-order valence-corrected chi connectivity index (χ3v) is 5.67. The first kappa shape index (κ1) is 14.4. The Kier molecular flexibility index (Phi) is 3.42. The molecule has 3 nitrogen and oxygen atoms in total. The summed E-state index contributed by atoms with van der Waals surface area (Å²) in [6.45, 7) is 2.07. The molecule has 0 spiro atoms. The second kappa shape index (κ2) is 5.46. The summed E-state index contributed by atoms with van der Waals surface area (Å²) in [5, 5.41) is 3.75. The van der Waals surface area contributed by atoms with Crippen LogP contribution in [0, 0.1) is 6.92 Å². The summed E-state index contributed by atoms with van der Waals surface area (Å²) in [5.74, 6) is 0.0747. The summed E-state index contributed by atoms with van der Waals surface area (Å²) < 4.78 is 1.11. The number of anilines is 1. The highest BCUT2D eigenvalue weighted by molar-refractivity contribution is 7.22. The third-order valence-electron chi connectivity index (χ3n) is 4.73. The maximum atomic E-state index is 12.9. The van der Waals surface area contributed by atoms with Crippen molar-refractivity contribution < 1.29 is 4.79 Å². The summed E-state index contributed by atoms with van der Waals surface area (Å²) in [6.07, 6.45) is 2.92. The zero-order valence-corrected chi connectivity index (χ0v) is 13.8. The molecule has 0 aliphatic heterocycles. The van der Waals surface area contributed by atoms with Gasteiger partial charge in [0.05, 0.1) is 15.6 Å². The van der Waals surface area contributed by atoms with Crippen molar-refractivity contribution in [2.75, 3.05) is 5.32 Å². The Labute approximate surface area is 139 Å². The standard InChI is InChI=1S/C19H18N2OS/c1-13-8-9-15-16(12-13)23-18(20-15)21-17(22)19(10-5-11-19)14-6-3-2-4-7-14/h2-4,6-9,12H,5,10-11H2,1H3,(H,20,21,22). The molecule has 1 amide bonds. The number of thiazole rings is 1. The zero-order valence-electron chi connectivity index (χ0n) is 13.0. The molecule has 23 heavy (non-hydrogen) atoms. The molecule has 1 heterocycles. The second-order valence-corrected chi connectivity index (χ2v) is 7.28. The van der Waals surface area contributed by atoms with Gasteiger partial charge in [-0.05, 0) is 43.0 Å². The Bertz CT molecular complexity index is 865. The van der Waals surface area contributed by atoms with E-state index in [9.17, 15) is 4.79 Å².